The Morgan fingerprint density at radius 3 is 2.92 bits per heavy atom. The van der Waals surface area contributed by atoms with Gasteiger partial charge in [-0.1, -0.05) is 6.07 Å². The Morgan fingerprint density at radius 2 is 2.16 bits per heavy atom. The van der Waals surface area contributed by atoms with Crippen molar-refractivity contribution in [2.45, 2.75) is 31.8 Å². The van der Waals surface area contributed by atoms with Crippen LogP contribution in [0.4, 0.5) is 5.82 Å². The summed E-state index contributed by atoms with van der Waals surface area (Å²) in [7, 11) is 0. The molecule has 25 heavy (non-hydrogen) atoms. The second-order valence-electron chi connectivity index (χ2n) is 6.53. The molecule has 0 radical (unpaired) electrons. The predicted octanol–water partition coefficient (Wildman–Crippen LogP) is 3.41. The molecule has 1 unspecified atom stereocenters. The molecule has 5 nitrogen and oxygen atoms in total. The molecule has 0 saturated heterocycles. The first-order valence-corrected chi connectivity index (χ1v) is 9.38. The molecule has 0 fully saturated rings. The van der Waals surface area contributed by atoms with Gasteiger partial charge in [-0.15, -0.1) is 0 Å². The topological polar surface area (TPSA) is 70.9 Å². The Bertz CT molecular complexity index is 863. The maximum atomic E-state index is 10.8. The minimum absolute atomic E-state index is 0.398. The number of thiophene rings is 1. The van der Waals surface area contributed by atoms with Gasteiger partial charge in [0.25, 0.3) is 0 Å². The highest BCUT2D eigenvalue weighted by atomic mass is 32.1. The third-order valence-corrected chi connectivity index (χ3v) is 5.25. The summed E-state index contributed by atoms with van der Waals surface area (Å²) < 4.78 is 0. The van der Waals surface area contributed by atoms with Crippen molar-refractivity contribution in [2.75, 3.05) is 11.9 Å². The lowest BCUT2D eigenvalue weighted by molar-refractivity contribution is 0.0719. The first-order valence-electron chi connectivity index (χ1n) is 8.43. The maximum Gasteiger partial charge on any atom is 0.180 e. The number of nitrogens with zero attached hydrogens (tertiary/aromatic N) is 3. The van der Waals surface area contributed by atoms with Crippen LogP contribution in [0.2, 0.25) is 0 Å². The molecule has 0 saturated carbocycles. The van der Waals surface area contributed by atoms with E-state index >= 15 is 0 Å². The van der Waals surface area contributed by atoms with E-state index in [2.05, 4.69) is 10.3 Å². The maximum absolute atomic E-state index is 10.8. The van der Waals surface area contributed by atoms with E-state index in [-0.39, 0.29) is 0 Å². The lowest BCUT2D eigenvalue weighted by atomic mass is 9.99. The highest BCUT2D eigenvalue weighted by Gasteiger charge is 2.26. The number of hydrogen-bond donors (Lipinski definition) is 2. The molecule has 128 valence electrons. The SMILES string of the molecule is CC(O)(CNc1nc(-c2ccccn2)nc2c1CCC2)c1ccsc1. The number of anilines is 1. The normalized spacial score (nSPS) is 15.6. The molecule has 0 bridgehead atoms. The number of aliphatic hydroxyl groups is 1. The molecular formula is C19H20N4OS. The van der Waals surface area contributed by atoms with Gasteiger partial charge in [0.15, 0.2) is 5.82 Å². The van der Waals surface area contributed by atoms with Crippen LogP contribution in [0.3, 0.4) is 0 Å². The summed E-state index contributed by atoms with van der Waals surface area (Å²) in [6.45, 7) is 2.22. The second-order valence-corrected chi connectivity index (χ2v) is 7.31. The molecule has 4 rings (SSSR count). The molecule has 0 aromatic carbocycles. The van der Waals surface area contributed by atoms with Crippen molar-refractivity contribution < 1.29 is 5.11 Å². The Hall–Kier alpha value is -2.31. The zero-order chi connectivity index (χ0) is 17.3. The minimum Gasteiger partial charge on any atom is -0.384 e. The molecule has 0 aliphatic heterocycles. The monoisotopic (exact) mass is 352 g/mol. The molecule has 1 aliphatic rings. The van der Waals surface area contributed by atoms with Crippen LogP contribution in [-0.2, 0) is 18.4 Å². The number of hydrogen-bond acceptors (Lipinski definition) is 6. The summed E-state index contributed by atoms with van der Waals surface area (Å²) in [5.74, 6) is 1.46. The van der Waals surface area contributed by atoms with Crippen molar-refractivity contribution in [3.8, 4) is 11.5 Å². The van der Waals surface area contributed by atoms with Crippen molar-refractivity contribution in [2.24, 2.45) is 0 Å². The fourth-order valence-electron chi connectivity index (χ4n) is 3.12. The molecule has 3 aromatic heterocycles. The van der Waals surface area contributed by atoms with E-state index in [1.807, 2.05) is 41.9 Å². The third kappa shape index (κ3) is 3.27. The van der Waals surface area contributed by atoms with Gasteiger partial charge in [-0.2, -0.15) is 11.3 Å². The van der Waals surface area contributed by atoms with E-state index in [1.54, 1.807) is 17.5 Å². The van der Waals surface area contributed by atoms with Gasteiger partial charge in [0.1, 0.15) is 17.1 Å². The summed E-state index contributed by atoms with van der Waals surface area (Å²) in [6.07, 6.45) is 4.78. The van der Waals surface area contributed by atoms with E-state index in [9.17, 15) is 5.11 Å². The molecule has 0 amide bonds. The molecule has 6 heteroatoms. The molecule has 3 heterocycles. The van der Waals surface area contributed by atoms with Crippen LogP contribution in [0.25, 0.3) is 11.5 Å². The van der Waals surface area contributed by atoms with E-state index in [1.165, 1.54) is 5.56 Å². The van der Waals surface area contributed by atoms with Crippen LogP contribution >= 0.6 is 11.3 Å². The predicted molar refractivity (Wildman–Crippen MR) is 99.7 cm³/mol. The molecule has 1 atom stereocenters. The van der Waals surface area contributed by atoms with Gasteiger partial charge in [-0.25, -0.2) is 9.97 Å². The Kier molecular flexibility index (Phi) is 4.23. The fraction of sp³-hybridized carbons (Fsp3) is 0.316. The van der Waals surface area contributed by atoms with Crippen LogP contribution in [-0.4, -0.2) is 26.6 Å². The van der Waals surface area contributed by atoms with E-state index in [0.29, 0.717) is 12.4 Å². The van der Waals surface area contributed by atoms with Gasteiger partial charge in [0.05, 0.1) is 0 Å². The number of aromatic nitrogens is 3. The fourth-order valence-corrected chi connectivity index (χ4v) is 3.90. The average molecular weight is 352 g/mol. The molecule has 1 aliphatic carbocycles. The van der Waals surface area contributed by atoms with Crippen LogP contribution < -0.4 is 5.32 Å². The van der Waals surface area contributed by atoms with Gasteiger partial charge >= 0.3 is 0 Å². The Balaban J connectivity index is 1.64. The van der Waals surface area contributed by atoms with Crippen molar-refractivity contribution in [3.63, 3.8) is 0 Å². The smallest absolute Gasteiger partial charge is 0.180 e. The quantitative estimate of drug-likeness (QED) is 0.736. The van der Waals surface area contributed by atoms with Gasteiger partial charge in [0.2, 0.25) is 0 Å². The van der Waals surface area contributed by atoms with Gasteiger partial charge < -0.3 is 10.4 Å². The summed E-state index contributed by atoms with van der Waals surface area (Å²) in [4.78, 5) is 13.8. The van der Waals surface area contributed by atoms with Crippen molar-refractivity contribution >= 4 is 17.2 Å². The zero-order valence-corrected chi connectivity index (χ0v) is 14.9. The van der Waals surface area contributed by atoms with Crippen molar-refractivity contribution in [3.05, 3.63) is 58.0 Å². The first kappa shape index (κ1) is 16.2. The second kappa shape index (κ2) is 6.54. The van der Waals surface area contributed by atoms with Crippen molar-refractivity contribution in [1.82, 2.24) is 15.0 Å². The Labute approximate surface area is 150 Å². The zero-order valence-electron chi connectivity index (χ0n) is 14.1. The van der Waals surface area contributed by atoms with E-state index in [4.69, 9.17) is 9.97 Å². The van der Waals surface area contributed by atoms with Crippen LogP contribution in [0.5, 0.6) is 0 Å². The molecule has 0 spiro atoms. The summed E-state index contributed by atoms with van der Waals surface area (Å²) in [5.41, 5.74) is 3.00. The minimum atomic E-state index is -0.943. The van der Waals surface area contributed by atoms with Crippen LogP contribution in [0.1, 0.15) is 30.2 Å². The van der Waals surface area contributed by atoms with Crippen molar-refractivity contribution in [1.29, 1.82) is 0 Å². The van der Waals surface area contributed by atoms with E-state index < -0.39 is 5.60 Å². The number of rotatable bonds is 5. The number of nitrogens with one attached hydrogen (secondary N) is 1. The summed E-state index contributed by atoms with van der Waals surface area (Å²) in [6, 6.07) is 7.69. The number of aryl methyl sites for hydroxylation is 1. The third-order valence-electron chi connectivity index (χ3n) is 4.57. The van der Waals surface area contributed by atoms with Crippen LogP contribution in [0.15, 0.2) is 41.2 Å². The molecular weight excluding hydrogens is 332 g/mol. The van der Waals surface area contributed by atoms with Crippen LogP contribution in [0, 0.1) is 0 Å². The van der Waals surface area contributed by atoms with Gasteiger partial charge in [-0.05, 0) is 60.7 Å². The Morgan fingerprint density at radius 1 is 1.24 bits per heavy atom. The largest absolute Gasteiger partial charge is 0.384 e. The highest BCUT2D eigenvalue weighted by Crippen LogP contribution is 2.30. The first-order chi connectivity index (χ1) is 12.1. The lowest BCUT2D eigenvalue weighted by Crippen LogP contribution is -2.30. The standard InChI is InChI=1S/C19H20N4OS/c1-19(24,13-8-10-25-11-13)12-21-17-14-5-4-7-15(14)22-18(23-17)16-6-2-3-9-20-16/h2-3,6,8-11,24H,4-5,7,12H2,1H3,(H,21,22,23). The average Bonchev–Trinajstić information content (AvgIpc) is 3.32. The summed E-state index contributed by atoms with van der Waals surface area (Å²) >= 11 is 1.59. The summed E-state index contributed by atoms with van der Waals surface area (Å²) in [5, 5.41) is 18.1. The van der Waals surface area contributed by atoms with Gasteiger partial charge in [-0.3, -0.25) is 4.98 Å². The van der Waals surface area contributed by atoms with E-state index in [0.717, 1.165) is 42.0 Å². The highest BCUT2D eigenvalue weighted by molar-refractivity contribution is 7.08. The molecule has 2 N–H and O–H groups in total. The molecule has 3 aromatic rings. The van der Waals surface area contributed by atoms with Gasteiger partial charge in [0, 0.05) is 24.0 Å². The number of fused-ring (bicyclic) bond motifs is 1. The lowest BCUT2D eigenvalue weighted by Gasteiger charge is -2.24. The number of pyridine rings is 1.